The summed E-state index contributed by atoms with van der Waals surface area (Å²) >= 11 is 0. The molecular weight excluding hydrogens is 304 g/mol. The van der Waals surface area contributed by atoms with Gasteiger partial charge in [0.2, 0.25) is 0 Å². The van der Waals surface area contributed by atoms with Gasteiger partial charge in [-0.3, -0.25) is 9.78 Å². The quantitative estimate of drug-likeness (QED) is 0.735. The van der Waals surface area contributed by atoms with Gasteiger partial charge in [0, 0.05) is 30.1 Å². The fraction of sp³-hybridized carbons (Fsp3) is 0.263. The third kappa shape index (κ3) is 2.90. The summed E-state index contributed by atoms with van der Waals surface area (Å²) in [6, 6.07) is 13.1. The van der Waals surface area contributed by atoms with Crippen molar-refractivity contribution in [3.8, 4) is 0 Å². The highest BCUT2D eigenvalue weighted by atomic mass is 16.5. The number of pyridine rings is 1. The Bertz CT molecular complexity index is 805. The van der Waals surface area contributed by atoms with Crippen molar-refractivity contribution < 1.29 is 13.9 Å². The maximum Gasteiger partial charge on any atom is 0.294 e. The molecule has 2 aromatic heterocycles. The first-order valence-electron chi connectivity index (χ1n) is 8.13. The van der Waals surface area contributed by atoms with Crippen LogP contribution >= 0.6 is 0 Å². The summed E-state index contributed by atoms with van der Waals surface area (Å²) in [4.78, 5) is 18.8. The molecule has 5 nitrogen and oxygen atoms in total. The van der Waals surface area contributed by atoms with E-state index in [1.54, 1.807) is 23.4 Å². The Morgan fingerprint density at radius 2 is 2.04 bits per heavy atom. The summed E-state index contributed by atoms with van der Waals surface area (Å²) in [6.07, 6.45) is 5.43. The van der Waals surface area contributed by atoms with Crippen LogP contribution in [-0.4, -0.2) is 30.1 Å². The van der Waals surface area contributed by atoms with Crippen molar-refractivity contribution in [3.63, 3.8) is 0 Å². The third-order valence-corrected chi connectivity index (χ3v) is 4.27. The van der Waals surface area contributed by atoms with E-state index in [0.29, 0.717) is 17.9 Å². The normalized spacial score (nSPS) is 17.2. The van der Waals surface area contributed by atoms with Gasteiger partial charge in [-0.25, -0.2) is 0 Å². The number of carbonyl (C=O) groups is 1. The predicted molar refractivity (Wildman–Crippen MR) is 91.1 cm³/mol. The Hall–Kier alpha value is -2.66. The fourth-order valence-electron chi connectivity index (χ4n) is 3.04. The standard InChI is InChI=1S/C19H18N2O3/c22-19(18-12-14-4-1-2-6-17(14)24-18)21(13-16-5-3-11-23-16)15-7-9-20-10-8-15/h1-2,4,6-10,12,16H,3,5,11,13H2/t16-/m1/s1. The molecule has 0 unspecified atom stereocenters. The maximum absolute atomic E-state index is 13.1. The molecule has 1 atom stereocenters. The van der Waals surface area contributed by atoms with Crippen molar-refractivity contribution in [2.45, 2.75) is 18.9 Å². The second kappa shape index (κ2) is 6.45. The van der Waals surface area contributed by atoms with Crippen LogP contribution in [0.25, 0.3) is 11.0 Å². The second-order valence-corrected chi connectivity index (χ2v) is 5.90. The van der Waals surface area contributed by atoms with Crippen LogP contribution in [-0.2, 0) is 4.74 Å². The Morgan fingerprint density at radius 3 is 2.79 bits per heavy atom. The molecule has 0 spiro atoms. The van der Waals surface area contributed by atoms with Gasteiger partial charge in [-0.1, -0.05) is 18.2 Å². The average Bonchev–Trinajstić information content (AvgIpc) is 3.29. The lowest BCUT2D eigenvalue weighted by atomic mass is 10.2. The summed E-state index contributed by atoms with van der Waals surface area (Å²) in [6.45, 7) is 1.27. The van der Waals surface area contributed by atoms with Crippen LogP contribution in [0, 0.1) is 0 Å². The van der Waals surface area contributed by atoms with Crippen LogP contribution < -0.4 is 4.90 Å². The summed E-state index contributed by atoms with van der Waals surface area (Å²) in [5.41, 5.74) is 1.51. The predicted octanol–water partition coefficient (Wildman–Crippen LogP) is 3.65. The Labute approximate surface area is 139 Å². The van der Waals surface area contributed by atoms with Crippen LogP contribution in [0.4, 0.5) is 5.69 Å². The number of ether oxygens (including phenoxy) is 1. The van der Waals surface area contributed by atoms with Gasteiger partial charge in [0.25, 0.3) is 5.91 Å². The molecule has 1 fully saturated rings. The molecule has 3 heterocycles. The fourth-order valence-corrected chi connectivity index (χ4v) is 3.04. The van der Waals surface area contributed by atoms with Crippen molar-refractivity contribution in [1.29, 1.82) is 0 Å². The number of anilines is 1. The van der Waals surface area contributed by atoms with Gasteiger partial charge in [0.1, 0.15) is 5.58 Å². The topological polar surface area (TPSA) is 55.6 Å². The molecule has 4 rings (SSSR count). The number of hydrogen-bond acceptors (Lipinski definition) is 4. The monoisotopic (exact) mass is 322 g/mol. The number of aromatic nitrogens is 1. The number of nitrogens with zero attached hydrogens (tertiary/aromatic N) is 2. The number of rotatable bonds is 4. The van der Waals surface area contributed by atoms with Crippen molar-refractivity contribution in [2.75, 3.05) is 18.1 Å². The molecule has 1 saturated heterocycles. The van der Waals surface area contributed by atoms with E-state index in [4.69, 9.17) is 9.15 Å². The number of hydrogen-bond donors (Lipinski definition) is 0. The SMILES string of the molecule is O=C(c1cc2ccccc2o1)N(C[C@H]1CCCO1)c1ccncc1. The number of carbonyl (C=O) groups excluding carboxylic acids is 1. The van der Waals surface area contributed by atoms with Gasteiger partial charge in [-0.2, -0.15) is 0 Å². The first-order chi connectivity index (χ1) is 11.8. The molecule has 1 amide bonds. The van der Waals surface area contributed by atoms with Crippen LogP contribution in [0.2, 0.25) is 0 Å². The van der Waals surface area contributed by atoms with Gasteiger partial charge in [-0.05, 0) is 37.1 Å². The van der Waals surface area contributed by atoms with E-state index in [9.17, 15) is 4.79 Å². The lowest BCUT2D eigenvalue weighted by Crippen LogP contribution is -2.37. The molecule has 5 heteroatoms. The minimum absolute atomic E-state index is 0.0616. The molecule has 0 N–H and O–H groups in total. The van der Waals surface area contributed by atoms with E-state index in [-0.39, 0.29) is 12.0 Å². The Balaban J connectivity index is 1.67. The Morgan fingerprint density at radius 1 is 1.21 bits per heavy atom. The summed E-state index contributed by atoms with van der Waals surface area (Å²) in [5.74, 6) is 0.180. The second-order valence-electron chi connectivity index (χ2n) is 5.90. The zero-order valence-electron chi connectivity index (χ0n) is 13.2. The van der Waals surface area contributed by atoms with E-state index in [2.05, 4.69) is 4.98 Å². The van der Waals surface area contributed by atoms with Gasteiger partial charge in [0.05, 0.1) is 12.6 Å². The molecular formula is C19H18N2O3. The van der Waals surface area contributed by atoms with E-state index in [1.807, 2.05) is 36.4 Å². The zero-order valence-corrected chi connectivity index (χ0v) is 13.2. The molecule has 1 aliphatic rings. The van der Waals surface area contributed by atoms with Crippen LogP contribution in [0.3, 0.4) is 0 Å². The third-order valence-electron chi connectivity index (χ3n) is 4.27. The smallest absolute Gasteiger partial charge is 0.294 e. The number of benzene rings is 1. The largest absolute Gasteiger partial charge is 0.451 e. The molecule has 1 aromatic carbocycles. The molecule has 1 aliphatic heterocycles. The minimum Gasteiger partial charge on any atom is -0.451 e. The van der Waals surface area contributed by atoms with Crippen molar-refractivity contribution in [1.82, 2.24) is 4.98 Å². The minimum atomic E-state index is -0.159. The highest BCUT2D eigenvalue weighted by molar-refractivity contribution is 6.06. The maximum atomic E-state index is 13.1. The lowest BCUT2D eigenvalue weighted by molar-refractivity contribution is 0.0896. The van der Waals surface area contributed by atoms with Crippen molar-refractivity contribution in [2.24, 2.45) is 0 Å². The van der Waals surface area contributed by atoms with Crippen molar-refractivity contribution >= 4 is 22.6 Å². The van der Waals surface area contributed by atoms with Crippen LogP contribution in [0.1, 0.15) is 23.4 Å². The summed E-state index contributed by atoms with van der Waals surface area (Å²) in [7, 11) is 0. The molecule has 0 aliphatic carbocycles. The van der Waals surface area contributed by atoms with Crippen LogP contribution in [0.15, 0.2) is 59.3 Å². The summed E-state index contributed by atoms with van der Waals surface area (Å²) < 4.78 is 11.5. The first kappa shape index (κ1) is 14.9. The lowest BCUT2D eigenvalue weighted by Gasteiger charge is -2.24. The zero-order chi connectivity index (χ0) is 16.4. The highest BCUT2D eigenvalue weighted by Crippen LogP contribution is 2.24. The number of para-hydroxylation sites is 1. The van der Waals surface area contributed by atoms with E-state index >= 15 is 0 Å². The Kier molecular flexibility index (Phi) is 4.01. The van der Waals surface area contributed by atoms with E-state index in [1.165, 1.54) is 0 Å². The molecule has 0 saturated carbocycles. The molecule has 0 radical (unpaired) electrons. The van der Waals surface area contributed by atoms with Gasteiger partial charge in [-0.15, -0.1) is 0 Å². The number of furan rings is 1. The van der Waals surface area contributed by atoms with Gasteiger partial charge in [0.15, 0.2) is 5.76 Å². The first-order valence-corrected chi connectivity index (χ1v) is 8.13. The molecule has 3 aromatic rings. The van der Waals surface area contributed by atoms with Crippen LogP contribution in [0.5, 0.6) is 0 Å². The van der Waals surface area contributed by atoms with E-state index in [0.717, 1.165) is 30.5 Å². The highest BCUT2D eigenvalue weighted by Gasteiger charge is 2.26. The van der Waals surface area contributed by atoms with Crippen molar-refractivity contribution in [3.05, 3.63) is 60.6 Å². The summed E-state index contributed by atoms with van der Waals surface area (Å²) in [5, 5.41) is 0.924. The molecule has 122 valence electrons. The van der Waals surface area contributed by atoms with E-state index < -0.39 is 0 Å². The van der Waals surface area contributed by atoms with Gasteiger partial charge >= 0.3 is 0 Å². The average molecular weight is 322 g/mol. The van der Waals surface area contributed by atoms with Gasteiger partial charge < -0.3 is 14.1 Å². The number of amides is 1. The molecule has 0 bridgehead atoms. The number of fused-ring (bicyclic) bond motifs is 1. The molecule has 24 heavy (non-hydrogen) atoms.